The molecule has 0 aliphatic carbocycles. The van der Waals surface area contributed by atoms with Crippen LogP contribution in [-0.4, -0.2) is 36.4 Å². The molecule has 1 aliphatic heterocycles. The first-order valence-corrected chi connectivity index (χ1v) is 7.69. The Balaban J connectivity index is 1.64. The lowest BCUT2D eigenvalue weighted by molar-refractivity contribution is 0.467. The maximum absolute atomic E-state index is 11.3. The SMILES string of the molecule is O=S1CCC(NCc2nnc3ccccn23)CC1. The molecule has 0 spiro atoms. The summed E-state index contributed by atoms with van der Waals surface area (Å²) in [6.45, 7) is 0.711. The van der Waals surface area contributed by atoms with E-state index in [-0.39, 0.29) is 0 Å². The van der Waals surface area contributed by atoms with E-state index < -0.39 is 10.8 Å². The van der Waals surface area contributed by atoms with Gasteiger partial charge in [-0.2, -0.15) is 0 Å². The molecule has 0 saturated carbocycles. The Hall–Kier alpha value is -1.27. The van der Waals surface area contributed by atoms with Crippen molar-refractivity contribution in [3.63, 3.8) is 0 Å². The van der Waals surface area contributed by atoms with Gasteiger partial charge in [-0.25, -0.2) is 0 Å². The zero-order chi connectivity index (χ0) is 12.4. The first-order chi connectivity index (χ1) is 8.83. The molecule has 3 rings (SSSR count). The van der Waals surface area contributed by atoms with E-state index in [9.17, 15) is 4.21 Å². The summed E-state index contributed by atoms with van der Waals surface area (Å²) in [5, 5.41) is 11.8. The quantitative estimate of drug-likeness (QED) is 0.888. The van der Waals surface area contributed by atoms with Crippen LogP contribution in [0.4, 0.5) is 0 Å². The summed E-state index contributed by atoms with van der Waals surface area (Å²) in [7, 11) is -0.597. The van der Waals surface area contributed by atoms with E-state index in [1.807, 2.05) is 28.8 Å². The van der Waals surface area contributed by atoms with Gasteiger partial charge in [0.05, 0.1) is 6.54 Å². The van der Waals surface area contributed by atoms with Crippen LogP contribution in [0, 0.1) is 0 Å². The summed E-state index contributed by atoms with van der Waals surface area (Å²) >= 11 is 0. The standard InChI is InChI=1S/C12H16N4OS/c17-18-7-4-10(5-8-18)13-9-12-15-14-11-3-1-2-6-16(11)12/h1-3,6,10,13H,4-5,7-9H2. The normalized spacial score (nSPS) is 24.4. The molecule has 18 heavy (non-hydrogen) atoms. The monoisotopic (exact) mass is 264 g/mol. The highest BCUT2D eigenvalue weighted by Crippen LogP contribution is 2.10. The van der Waals surface area contributed by atoms with Crippen LogP contribution in [-0.2, 0) is 17.3 Å². The van der Waals surface area contributed by atoms with Crippen LogP contribution >= 0.6 is 0 Å². The van der Waals surface area contributed by atoms with Crippen LogP contribution in [0.5, 0.6) is 0 Å². The number of rotatable bonds is 3. The van der Waals surface area contributed by atoms with E-state index in [0.717, 1.165) is 35.8 Å². The minimum atomic E-state index is -0.597. The zero-order valence-electron chi connectivity index (χ0n) is 10.1. The largest absolute Gasteiger partial charge is 0.307 e. The maximum atomic E-state index is 11.3. The average molecular weight is 264 g/mol. The predicted molar refractivity (Wildman–Crippen MR) is 70.7 cm³/mol. The molecule has 1 saturated heterocycles. The zero-order valence-corrected chi connectivity index (χ0v) is 10.9. The van der Waals surface area contributed by atoms with Gasteiger partial charge in [0.1, 0.15) is 0 Å². The van der Waals surface area contributed by atoms with Crippen molar-refractivity contribution >= 4 is 16.4 Å². The Labute approximate surface area is 108 Å². The fraction of sp³-hybridized carbons (Fsp3) is 0.500. The molecule has 2 aromatic rings. The van der Waals surface area contributed by atoms with E-state index in [0.29, 0.717) is 12.6 Å². The molecular formula is C12H16N4OS. The second-order valence-electron chi connectivity index (χ2n) is 4.55. The van der Waals surface area contributed by atoms with Crippen molar-refractivity contribution in [2.24, 2.45) is 0 Å². The third-order valence-corrected chi connectivity index (χ3v) is 4.70. The van der Waals surface area contributed by atoms with Crippen LogP contribution in [0.2, 0.25) is 0 Å². The molecular weight excluding hydrogens is 248 g/mol. The second-order valence-corrected chi connectivity index (χ2v) is 6.24. The molecule has 0 amide bonds. The molecule has 0 aromatic carbocycles. The van der Waals surface area contributed by atoms with Crippen LogP contribution in [0.1, 0.15) is 18.7 Å². The third kappa shape index (κ3) is 2.44. The van der Waals surface area contributed by atoms with Gasteiger partial charge in [-0.05, 0) is 25.0 Å². The lowest BCUT2D eigenvalue weighted by atomic mass is 10.1. The van der Waals surface area contributed by atoms with Crippen molar-refractivity contribution in [3.8, 4) is 0 Å². The number of nitrogens with zero attached hydrogens (tertiary/aromatic N) is 3. The summed E-state index contributed by atoms with van der Waals surface area (Å²) in [6.07, 6.45) is 3.95. The first kappa shape index (κ1) is 11.8. The molecule has 0 radical (unpaired) electrons. The molecule has 0 atom stereocenters. The second kappa shape index (κ2) is 5.16. The Kier molecular flexibility index (Phi) is 3.38. The van der Waals surface area contributed by atoms with E-state index in [1.165, 1.54) is 0 Å². The van der Waals surface area contributed by atoms with E-state index in [2.05, 4.69) is 15.5 Å². The van der Waals surface area contributed by atoms with Gasteiger partial charge in [-0.3, -0.25) is 8.61 Å². The highest BCUT2D eigenvalue weighted by molar-refractivity contribution is 7.85. The molecule has 1 fully saturated rings. The fourth-order valence-electron chi connectivity index (χ4n) is 2.25. The highest BCUT2D eigenvalue weighted by Gasteiger charge is 2.17. The summed E-state index contributed by atoms with van der Waals surface area (Å²) < 4.78 is 13.3. The Morgan fingerprint density at radius 1 is 1.33 bits per heavy atom. The van der Waals surface area contributed by atoms with Gasteiger partial charge < -0.3 is 5.32 Å². The molecule has 0 unspecified atom stereocenters. The maximum Gasteiger partial charge on any atom is 0.160 e. The number of aromatic nitrogens is 3. The molecule has 0 bridgehead atoms. The van der Waals surface area contributed by atoms with Crippen molar-refractivity contribution in [3.05, 3.63) is 30.2 Å². The number of pyridine rings is 1. The van der Waals surface area contributed by atoms with Crippen LogP contribution in [0.15, 0.2) is 24.4 Å². The summed E-state index contributed by atoms with van der Waals surface area (Å²) in [5.41, 5.74) is 0.874. The number of nitrogens with one attached hydrogen (secondary N) is 1. The number of hydrogen-bond acceptors (Lipinski definition) is 4. The van der Waals surface area contributed by atoms with E-state index >= 15 is 0 Å². The summed E-state index contributed by atoms with van der Waals surface area (Å²) in [5.74, 6) is 2.56. The van der Waals surface area contributed by atoms with Gasteiger partial charge in [-0.1, -0.05) is 6.07 Å². The van der Waals surface area contributed by atoms with E-state index in [1.54, 1.807) is 0 Å². The predicted octanol–water partition coefficient (Wildman–Crippen LogP) is 0.730. The number of fused-ring (bicyclic) bond motifs is 1. The van der Waals surface area contributed by atoms with Gasteiger partial charge in [-0.15, -0.1) is 10.2 Å². The number of hydrogen-bond donors (Lipinski definition) is 1. The van der Waals surface area contributed by atoms with Crippen molar-refractivity contribution < 1.29 is 4.21 Å². The van der Waals surface area contributed by atoms with Gasteiger partial charge in [0, 0.05) is 34.5 Å². The Morgan fingerprint density at radius 3 is 3.00 bits per heavy atom. The Morgan fingerprint density at radius 2 is 2.17 bits per heavy atom. The van der Waals surface area contributed by atoms with Crippen LogP contribution in [0.25, 0.3) is 5.65 Å². The molecule has 1 aliphatic rings. The van der Waals surface area contributed by atoms with Gasteiger partial charge in [0.2, 0.25) is 0 Å². The molecule has 96 valence electrons. The van der Waals surface area contributed by atoms with Crippen LogP contribution < -0.4 is 5.32 Å². The van der Waals surface area contributed by atoms with Gasteiger partial charge in [0.25, 0.3) is 0 Å². The van der Waals surface area contributed by atoms with Crippen molar-refractivity contribution in [2.75, 3.05) is 11.5 Å². The lowest BCUT2D eigenvalue weighted by Crippen LogP contribution is -2.35. The highest BCUT2D eigenvalue weighted by atomic mass is 32.2. The summed E-state index contributed by atoms with van der Waals surface area (Å²) in [4.78, 5) is 0. The molecule has 1 N–H and O–H groups in total. The molecule has 2 aromatic heterocycles. The smallest absolute Gasteiger partial charge is 0.160 e. The van der Waals surface area contributed by atoms with Crippen molar-refractivity contribution in [1.29, 1.82) is 0 Å². The molecule has 5 nitrogen and oxygen atoms in total. The van der Waals surface area contributed by atoms with Crippen molar-refractivity contribution in [1.82, 2.24) is 19.9 Å². The molecule has 6 heteroatoms. The molecule has 3 heterocycles. The minimum Gasteiger partial charge on any atom is -0.307 e. The van der Waals surface area contributed by atoms with Crippen molar-refractivity contribution in [2.45, 2.75) is 25.4 Å². The van der Waals surface area contributed by atoms with E-state index in [4.69, 9.17) is 0 Å². The third-order valence-electron chi connectivity index (χ3n) is 3.32. The fourth-order valence-corrected chi connectivity index (χ4v) is 3.54. The topological polar surface area (TPSA) is 59.3 Å². The minimum absolute atomic E-state index is 0.457. The average Bonchev–Trinajstić information content (AvgIpc) is 2.82. The Bertz CT molecular complexity index is 558. The van der Waals surface area contributed by atoms with Crippen LogP contribution in [0.3, 0.4) is 0 Å². The van der Waals surface area contributed by atoms with Gasteiger partial charge in [0.15, 0.2) is 11.5 Å². The first-order valence-electron chi connectivity index (χ1n) is 6.20. The summed E-state index contributed by atoms with van der Waals surface area (Å²) in [6, 6.07) is 6.33. The van der Waals surface area contributed by atoms with Gasteiger partial charge >= 0.3 is 0 Å². The lowest BCUT2D eigenvalue weighted by Gasteiger charge is -2.22.